The van der Waals surface area contributed by atoms with E-state index in [1.165, 1.54) is 7.11 Å². The number of nitriles is 1. The van der Waals surface area contributed by atoms with Crippen molar-refractivity contribution in [2.24, 2.45) is 0 Å². The second kappa shape index (κ2) is 5.84. The minimum absolute atomic E-state index is 0.0340. The van der Waals surface area contributed by atoms with Crippen LogP contribution in [0.3, 0.4) is 0 Å². The zero-order valence-electron chi connectivity index (χ0n) is 10.1. The van der Waals surface area contributed by atoms with E-state index in [-0.39, 0.29) is 6.42 Å². The van der Waals surface area contributed by atoms with Crippen molar-refractivity contribution in [2.45, 2.75) is 31.9 Å². The predicted octanol–water partition coefficient (Wildman–Crippen LogP) is 0.679. The number of rotatable bonds is 6. The standard InChI is InChI=1S/C10H14F2N4O2/c1-7(18-2)9-8(3-4-13)14-15-16(9)5-10(11,12)6-17/h7,17H,3,5-6H2,1-2H3. The van der Waals surface area contributed by atoms with Crippen LogP contribution in [0.5, 0.6) is 0 Å². The van der Waals surface area contributed by atoms with Crippen LogP contribution < -0.4 is 0 Å². The molecule has 1 heterocycles. The Balaban J connectivity index is 3.09. The Morgan fingerprint density at radius 2 is 2.28 bits per heavy atom. The summed E-state index contributed by atoms with van der Waals surface area (Å²) in [5.74, 6) is -3.29. The van der Waals surface area contributed by atoms with Gasteiger partial charge in [-0.3, -0.25) is 0 Å². The number of aliphatic hydroxyl groups is 1. The van der Waals surface area contributed by atoms with Crippen molar-refractivity contribution in [1.82, 2.24) is 15.0 Å². The van der Waals surface area contributed by atoms with Gasteiger partial charge in [-0.1, -0.05) is 5.21 Å². The van der Waals surface area contributed by atoms with Gasteiger partial charge in [0, 0.05) is 7.11 Å². The van der Waals surface area contributed by atoms with Crippen LogP contribution in [0.15, 0.2) is 0 Å². The Hall–Kier alpha value is -1.59. The molecule has 8 heteroatoms. The van der Waals surface area contributed by atoms with E-state index in [1.807, 2.05) is 6.07 Å². The highest BCUT2D eigenvalue weighted by molar-refractivity contribution is 5.16. The summed E-state index contributed by atoms with van der Waals surface area (Å²) >= 11 is 0. The normalized spacial score (nSPS) is 13.3. The van der Waals surface area contributed by atoms with E-state index in [0.29, 0.717) is 11.4 Å². The van der Waals surface area contributed by atoms with Gasteiger partial charge in [-0.25, -0.2) is 13.5 Å². The average Bonchev–Trinajstić information content (AvgIpc) is 2.71. The first kappa shape index (κ1) is 14.5. The van der Waals surface area contributed by atoms with Gasteiger partial charge in [0.25, 0.3) is 5.92 Å². The number of ether oxygens (including phenoxy) is 1. The molecule has 0 fully saturated rings. The second-order valence-corrected chi connectivity index (χ2v) is 3.81. The van der Waals surface area contributed by atoms with E-state index in [9.17, 15) is 8.78 Å². The van der Waals surface area contributed by atoms with E-state index in [0.717, 1.165) is 4.68 Å². The van der Waals surface area contributed by atoms with Crippen LogP contribution in [0.25, 0.3) is 0 Å². The number of aliphatic hydroxyl groups excluding tert-OH is 1. The smallest absolute Gasteiger partial charge is 0.289 e. The summed E-state index contributed by atoms with van der Waals surface area (Å²) in [7, 11) is 1.42. The van der Waals surface area contributed by atoms with Crippen molar-refractivity contribution in [3.05, 3.63) is 11.4 Å². The number of hydrogen-bond donors (Lipinski definition) is 1. The quantitative estimate of drug-likeness (QED) is 0.813. The zero-order chi connectivity index (χ0) is 13.8. The number of hydrogen-bond acceptors (Lipinski definition) is 5. The molecule has 0 spiro atoms. The van der Waals surface area contributed by atoms with Gasteiger partial charge < -0.3 is 9.84 Å². The van der Waals surface area contributed by atoms with Gasteiger partial charge in [0.05, 0.1) is 24.3 Å². The summed E-state index contributed by atoms with van der Waals surface area (Å²) in [6, 6.07) is 1.89. The molecule has 0 bridgehead atoms. The van der Waals surface area contributed by atoms with E-state index in [1.54, 1.807) is 6.92 Å². The molecule has 0 aliphatic carbocycles. The first-order chi connectivity index (χ1) is 8.45. The molecule has 0 radical (unpaired) electrons. The Kier molecular flexibility index (Phi) is 4.69. The van der Waals surface area contributed by atoms with Crippen LogP contribution in [0.1, 0.15) is 24.4 Å². The van der Waals surface area contributed by atoms with Crippen molar-refractivity contribution in [3.63, 3.8) is 0 Å². The van der Waals surface area contributed by atoms with Crippen molar-refractivity contribution in [3.8, 4) is 6.07 Å². The molecule has 0 saturated heterocycles. The van der Waals surface area contributed by atoms with Gasteiger partial charge in [0.2, 0.25) is 0 Å². The summed E-state index contributed by atoms with van der Waals surface area (Å²) in [4.78, 5) is 0. The fourth-order valence-electron chi connectivity index (χ4n) is 1.50. The van der Waals surface area contributed by atoms with Crippen LogP contribution >= 0.6 is 0 Å². The minimum Gasteiger partial charge on any atom is -0.390 e. The predicted molar refractivity (Wildman–Crippen MR) is 56.8 cm³/mol. The Morgan fingerprint density at radius 3 is 2.78 bits per heavy atom. The highest BCUT2D eigenvalue weighted by Gasteiger charge is 2.31. The number of alkyl halides is 2. The van der Waals surface area contributed by atoms with Crippen LogP contribution in [0, 0.1) is 11.3 Å². The van der Waals surface area contributed by atoms with Crippen LogP contribution in [-0.4, -0.2) is 39.7 Å². The molecule has 1 aromatic rings. The summed E-state index contributed by atoms with van der Waals surface area (Å²) in [5, 5.41) is 24.5. The molecule has 0 aliphatic heterocycles. The summed E-state index contributed by atoms with van der Waals surface area (Å²) in [6.45, 7) is -0.431. The molecule has 0 amide bonds. The summed E-state index contributed by atoms with van der Waals surface area (Å²) < 4.78 is 32.3. The number of halogens is 2. The second-order valence-electron chi connectivity index (χ2n) is 3.81. The number of nitrogens with zero attached hydrogens (tertiary/aromatic N) is 4. The van der Waals surface area contributed by atoms with E-state index < -0.39 is 25.2 Å². The first-order valence-electron chi connectivity index (χ1n) is 5.26. The molecule has 1 atom stereocenters. The molecule has 1 aromatic heterocycles. The van der Waals surface area contributed by atoms with Crippen molar-refractivity contribution >= 4 is 0 Å². The lowest BCUT2D eigenvalue weighted by atomic mass is 10.2. The zero-order valence-corrected chi connectivity index (χ0v) is 10.1. The molecular weight excluding hydrogens is 246 g/mol. The fourth-order valence-corrected chi connectivity index (χ4v) is 1.50. The lowest BCUT2D eigenvalue weighted by Gasteiger charge is -2.17. The molecule has 6 nitrogen and oxygen atoms in total. The number of methoxy groups -OCH3 is 1. The Labute approximate surface area is 103 Å². The maximum Gasteiger partial charge on any atom is 0.289 e. The van der Waals surface area contributed by atoms with Crippen molar-refractivity contribution in [1.29, 1.82) is 5.26 Å². The monoisotopic (exact) mass is 260 g/mol. The lowest BCUT2D eigenvalue weighted by Crippen LogP contribution is -2.30. The molecule has 1 unspecified atom stereocenters. The Morgan fingerprint density at radius 1 is 1.61 bits per heavy atom. The highest BCUT2D eigenvalue weighted by atomic mass is 19.3. The third-order valence-corrected chi connectivity index (χ3v) is 2.44. The van der Waals surface area contributed by atoms with Gasteiger partial charge >= 0.3 is 0 Å². The van der Waals surface area contributed by atoms with Gasteiger partial charge in [0.15, 0.2) is 0 Å². The summed E-state index contributed by atoms with van der Waals surface area (Å²) in [6.07, 6.45) is -0.550. The minimum atomic E-state index is -3.29. The van der Waals surface area contributed by atoms with Crippen molar-refractivity contribution in [2.75, 3.05) is 13.7 Å². The summed E-state index contributed by atoms with van der Waals surface area (Å²) in [5.41, 5.74) is 0.632. The van der Waals surface area contributed by atoms with Gasteiger partial charge in [0.1, 0.15) is 18.8 Å². The molecular formula is C10H14F2N4O2. The van der Waals surface area contributed by atoms with Crippen LogP contribution in [0.4, 0.5) is 8.78 Å². The molecule has 0 aliphatic rings. The first-order valence-corrected chi connectivity index (χ1v) is 5.26. The molecule has 100 valence electrons. The highest BCUT2D eigenvalue weighted by Crippen LogP contribution is 2.23. The molecule has 0 saturated carbocycles. The van der Waals surface area contributed by atoms with Crippen LogP contribution in [0.2, 0.25) is 0 Å². The molecule has 18 heavy (non-hydrogen) atoms. The van der Waals surface area contributed by atoms with E-state index in [2.05, 4.69) is 10.3 Å². The van der Waals surface area contributed by atoms with Crippen LogP contribution in [-0.2, 0) is 17.7 Å². The van der Waals surface area contributed by atoms with E-state index >= 15 is 0 Å². The lowest BCUT2D eigenvalue weighted by molar-refractivity contribution is -0.0671. The van der Waals surface area contributed by atoms with Gasteiger partial charge in [-0.05, 0) is 6.92 Å². The SMILES string of the molecule is COC(C)c1c(CC#N)nnn1CC(F)(F)CO. The molecule has 0 aromatic carbocycles. The third-order valence-electron chi connectivity index (χ3n) is 2.44. The third kappa shape index (κ3) is 3.21. The number of aromatic nitrogens is 3. The molecule has 1 N–H and O–H groups in total. The van der Waals surface area contributed by atoms with E-state index in [4.69, 9.17) is 15.1 Å². The average molecular weight is 260 g/mol. The largest absolute Gasteiger partial charge is 0.390 e. The van der Waals surface area contributed by atoms with Crippen molar-refractivity contribution < 1.29 is 18.6 Å². The maximum absolute atomic E-state index is 13.1. The van der Waals surface area contributed by atoms with Gasteiger partial charge in [-0.2, -0.15) is 5.26 Å². The topological polar surface area (TPSA) is 84.0 Å². The fraction of sp³-hybridized carbons (Fsp3) is 0.700. The Bertz CT molecular complexity index is 442. The molecule has 1 rings (SSSR count). The van der Waals surface area contributed by atoms with Gasteiger partial charge in [-0.15, -0.1) is 5.10 Å². The maximum atomic E-state index is 13.1.